The van der Waals surface area contributed by atoms with Gasteiger partial charge in [0.25, 0.3) is 0 Å². The minimum atomic E-state index is -0.413. The van der Waals surface area contributed by atoms with Crippen LogP contribution in [0.15, 0.2) is 66.7 Å². The molecule has 3 aromatic carbocycles. The molecule has 1 aromatic heterocycles. The number of benzene rings is 3. The highest BCUT2D eigenvalue weighted by molar-refractivity contribution is 14.1. The van der Waals surface area contributed by atoms with Crippen LogP contribution in [0, 0.1) is 6.92 Å². The molecule has 0 unspecified atom stereocenters. The Morgan fingerprint density at radius 3 is 2.12 bits per heavy atom. The first-order chi connectivity index (χ1) is 15.8. The Labute approximate surface area is 209 Å². The van der Waals surface area contributed by atoms with E-state index in [-0.39, 0.29) is 11.5 Å². The quantitative estimate of drug-likeness (QED) is 0.193. The fourth-order valence-electron chi connectivity index (χ4n) is 3.87. The van der Waals surface area contributed by atoms with Gasteiger partial charge in [-0.25, -0.2) is 0 Å². The van der Waals surface area contributed by atoms with Gasteiger partial charge in [-0.3, -0.25) is 0 Å². The fourth-order valence-corrected chi connectivity index (χ4v) is 3.87. The number of aryl methyl sites for hydroxylation is 1. The number of nitrogens with two attached hydrogens (primary N) is 1. The summed E-state index contributed by atoms with van der Waals surface area (Å²) in [6.45, 7) is 7.09. The zero-order chi connectivity index (χ0) is 24.2. The molecule has 6 heteroatoms. The summed E-state index contributed by atoms with van der Waals surface area (Å²) in [4.78, 5) is 1.97. The summed E-state index contributed by atoms with van der Waals surface area (Å²) in [5.74, 6) is 1.27. The molecular formula is C27H31IN2O3. The van der Waals surface area contributed by atoms with Gasteiger partial charge in [0.2, 0.25) is 0 Å². The molecule has 0 radical (unpaired) electrons. The summed E-state index contributed by atoms with van der Waals surface area (Å²) in [5, 5.41) is 20.8. The van der Waals surface area contributed by atoms with E-state index in [1.165, 1.54) is 0 Å². The third kappa shape index (κ3) is 5.62. The molecule has 4 aromatic rings. The van der Waals surface area contributed by atoms with Crippen molar-refractivity contribution in [3.8, 4) is 28.5 Å². The number of fused-ring (bicyclic) bond motifs is 1. The lowest BCUT2D eigenvalue weighted by Gasteiger charge is -2.24. The second-order valence-electron chi connectivity index (χ2n) is 8.52. The van der Waals surface area contributed by atoms with Gasteiger partial charge < -0.3 is 25.3 Å². The van der Waals surface area contributed by atoms with Crippen LogP contribution in [-0.2, 0) is 6.54 Å². The molecule has 4 N–H and O–H groups in total. The Morgan fingerprint density at radius 1 is 0.909 bits per heavy atom. The number of rotatable bonds is 6. The average Bonchev–Trinajstić information content (AvgIpc) is 3.07. The molecule has 4 rings (SSSR count). The van der Waals surface area contributed by atoms with Crippen LogP contribution in [0.25, 0.3) is 22.2 Å². The van der Waals surface area contributed by atoms with Crippen LogP contribution in [0.3, 0.4) is 0 Å². The summed E-state index contributed by atoms with van der Waals surface area (Å²) >= 11 is 2.15. The zero-order valence-corrected chi connectivity index (χ0v) is 21.6. The topological polar surface area (TPSA) is 80.6 Å². The molecule has 0 amide bonds. The Balaban J connectivity index is 0.00000149. The first-order valence-corrected chi connectivity index (χ1v) is 12.9. The van der Waals surface area contributed by atoms with Gasteiger partial charge in [0.05, 0.1) is 5.69 Å². The molecule has 33 heavy (non-hydrogen) atoms. The molecule has 0 saturated carbocycles. The van der Waals surface area contributed by atoms with Crippen LogP contribution in [-0.4, -0.2) is 31.9 Å². The molecule has 0 spiro atoms. The van der Waals surface area contributed by atoms with Gasteiger partial charge in [0.15, 0.2) is 0 Å². The number of hydrogen-bond donors (Lipinski definition) is 3. The first-order valence-electron chi connectivity index (χ1n) is 10.7. The smallest absolute Gasteiger partial charge is 0.120 e. The van der Waals surface area contributed by atoms with Crippen molar-refractivity contribution in [3.63, 3.8) is 0 Å². The Bertz CT molecular complexity index is 1210. The van der Waals surface area contributed by atoms with Crippen molar-refractivity contribution >= 4 is 33.5 Å². The lowest BCUT2D eigenvalue weighted by molar-refractivity contribution is 0.119. The molecular weight excluding hydrogens is 527 g/mol. The largest absolute Gasteiger partial charge is 0.508 e. The molecule has 0 aliphatic rings. The Kier molecular flexibility index (Phi) is 7.92. The third-order valence-electron chi connectivity index (χ3n) is 5.59. The average molecular weight is 558 g/mol. The number of ether oxygens (including phenoxy) is 1. The number of hydrogen-bond acceptors (Lipinski definition) is 4. The first kappa shape index (κ1) is 24.9. The summed E-state index contributed by atoms with van der Waals surface area (Å²) in [6, 6.07) is 20.7. The van der Waals surface area contributed by atoms with Crippen LogP contribution >= 0.6 is 22.6 Å². The van der Waals surface area contributed by atoms with Crippen molar-refractivity contribution in [2.45, 2.75) is 32.9 Å². The van der Waals surface area contributed by atoms with Crippen LogP contribution < -0.4 is 10.5 Å². The molecule has 0 aliphatic heterocycles. The normalized spacial score (nSPS) is 11.2. The summed E-state index contributed by atoms with van der Waals surface area (Å²) in [6.07, 6.45) is 0. The van der Waals surface area contributed by atoms with Crippen LogP contribution in [0.2, 0.25) is 0 Å². The molecule has 0 bridgehead atoms. The van der Waals surface area contributed by atoms with Crippen molar-refractivity contribution in [1.29, 1.82) is 0 Å². The number of nitrogens with zero attached hydrogens (tertiary/aromatic N) is 1. The second-order valence-corrected chi connectivity index (χ2v) is 8.52. The lowest BCUT2D eigenvalue weighted by Crippen LogP contribution is -2.37. The standard InChI is InChI=1S/C26H28N2O3.CH3I/c1-17-23-14-21(30)10-13-24(23)28(25(17)19-6-8-20(29)9-7-19)15-18-4-11-22(12-5-18)31-26(2,3)16-27;1-2/h4-14,29-30H,15-16,27H2,1-3H3;1H3. The molecule has 0 atom stereocenters. The van der Waals surface area contributed by atoms with E-state index in [9.17, 15) is 10.2 Å². The van der Waals surface area contributed by atoms with Crippen molar-refractivity contribution < 1.29 is 14.9 Å². The minimum Gasteiger partial charge on any atom is -0.508 e. The van der Waals surface area contributed by atoms with Crippen molar-refractivity contribution in [2.75, 3.05) is 11.5 Å². The van der Waals surface area contributed by atoms with Crippen molar-refractivity contribution in [2.24, 2.45) is 5.73 Å². The van der Waals surface area contributed by atoms with Gasteiger partial charge in [-0.15, -0.1) is 0 Å². The van der Waals surface area contributed by atoms with E-state index >= 15 is 0 Å². The Hall–Kier alpha value is -2.71. The Morgan fingerprint density at radius 2 is 1.52 bits per heavy atom. The van der Waals surface area contributed by atoms with Gasteiger partial charge >= 0.3 is 0 Å². The molecule has 1 heterocycles. The van der Waals surface area contributed by atoms with Gasteiger partial charge in [0, 0.05) is 24.0 Å². The van der Waals surface area contributed by atoms with Crippen molar-refractivity contribution in [1.82, 2.24) is 4.57 Å². The van der Waals surface area contributed by atoms with Crippen molar-refractivity contribution in [3.05, 3.63) is 77.9 Å². The third-order valence-corrected chi connectivity index (χ3v) is 5.59. The number of aromatic nitrogens is 1. The highest BCUT2D eigenvalue weighted by atomic mass is 127. The zero-order valence-electron chi connectivity index (χ0n) is 19.5. The molecule has 0 saturated heterocycles. The number of phenolic OH excluding ortho intramolecular Hbond substituents is 2. The summed E-state index contributed by atoms with van der Waals surface area (Å²) < 4.78 is 8.21. The van der Waals surface area contributed by atoms with Crippen LogP contribution in [0.1, 0.15) is 25.0 Å². The maximum Gasteiger partial charge on any atom is 0.120 e. The van der Waals surface area contributed by atoms with Crippen LogP contribution in [0.4, 0.5) is 0 Å². The van der Waals surface area contributed by atoms with Gasteiger partial charge in [-0.05, 0) is 97.0 Å². The predicted octanol–water partition coefficient (Wildman–Crippen LogP) is 6.24. The predicted molar refractivity (Wildman–Crippen MR) is 145 cm³/mol. The minimum absolute atomic E-state index is 0.234. The summed E-state index contributed by atoms with van der Waals surface area (Å²) in [7, 11) is 0. The maximum absolute atomic E-state index is 10.0. The maximum atomic E-state index is 10.0. The monoisotopic (exact) mass is 558 g/mol. The van der Waals surface area contributed by atoms with E-state index in [0.717, 1.165) is 39.0 Å². The van der Waals surface area contributed by atoms with E-state index in [0.29, 0.717) is 13.1 Å². The molecule has 174 valence electrons. The number of aromatic hydroxyl groups is 2. The van der Waals surface area contributed by atoms with Gasteiger partial charge in [-0.1, -0.05) is 34.7 Å². The van der Waals surface area contributed by atoms with Crippen LogP contribution in [0.5, 0.6) is 17.2 Å². The molecule has 0 aliphatic carbocycles. The highest BCUT2D eigenvalue weighted by Crippen LogP contribution is 2.36. The second kappa shape index (κ2) is 10.5. The SMILES string of the molecule is CI.Cc1c(-c2ccc(O)cc2)n(Cc2ccc(OC(C)(C)CN)cc2)c2ccc(O)cc12. The highest BCUT2D eigenvalue weighted by Gasteiger charge is 2.18. The molecule has 5 nitrogen and oxygen atoms in total. The molecule has 0 fully saturated rings. The fraction of sp³-hybridized carbons (Fsp3) is 0.259. The van der Waals surface area contributed by atoms with E-state index in [1.807, 2.05) is 49.1 Å². The number of halogens is 1. The van der Waals surface area contributed by atoms with E-state index in [2.05, 4.69) is 46.2 Å². The van der Waals surface area contributed by atoms with Gasteiger partial charge in [-0.2, -0.15) is 0 Å². The lowest BCUT2D eigenvalue weighted by atomic mass is 10.1. The number of phenols is 2. The van der Waals surface area contributed by atoms with Gasteiger partial charge in [0.1, 0.15) is 22.8 Å². The number of alkyl halides is 1. The summed E-state index contributed by atoms with van der Waals surface area (Å²) in [5.41, 5.74) is 10.7. The van der Waals surface area contributed by atoms with E-state index in [4.69, 9.17) is 10.5 Å². The van der Waals surface area contributed by atoms with E-state index in [1.54, 1.807) is 24.3 Å². The van der Waals surface area contributed by atoms with E-state index < -0.39 is 5.60 Å².